The topological polar surface area (TPSA) is 8.17 Å². The van der Waals surface area contributed by atoms with Gasteiger partial charge in [0.15, 0.2) is 0 Å². The van der Waals surface area contributed by atoms with Gasteiger partial charge in [-0.1, -0.05) is 212 Å². The van der Waals surface area contributed by atoms with Gasteiger partial charge < -0.3 is 9.47 Å². The Morgan fingerprint density at radius 2 is 0.758 bits per heavy atom. The third-order valence-electron chi connectivity index (χ3n) is 13.0. The SMILES string of the molecule is c1ccc(-c2ccccc2-c2ccccc2-c2ccccc2N(c2ccc(-c3cccc(-n4c5ccccc5c5ccccc54)c3)cc2)c2cccc(-c3cccc4ccccc34)c2)cc1. The van der Waals surface area contributed by atoms with Gasteiger partial charge in [0.25, 0.3) is 0 Å². The van der Waals surface area contributed by atoms with Gasteiger partial charge >= 0.3 is 0 Å². The summed E-state index contributed by atoms with van der Waals surface area (Å²) in [4.78, 5) is 2.43. The van der Waals surface area contributed by atoms with E-state index in [2.05, 4.69) is 276 Å². The van der Waals surface area contributed by atoms with E-state index in [0.29, 0.717) is 0 Å². The van der Waals surface area contributed by atoms with Crippen LogP contribution in [0.5, 0.6) is 0 Å². The zero-order chi connectivity index (χ0) is 43.8. The van der Waals surface area contributed by atoms with Gasteiger partial charge in [-0.15, -0.1) is 0 Å². The molecule has 0 N–H and O–H groups in total. The molecular weight excluding hydrogens is 797 g/mol. The molecule has 0 atom stereocenters. The lowest BCUT2D eigenvalue weighted by Crippen LogP contribution is -2.11. The Morgan fingerprint density at radius 3 is 1.50 bits per heavy atom. The molecule has 0 aliphatic rings. The summed E-state index contributed by atoms with van der Waals surface area (Å²) in [5, 5.41) is 4.99. The second-order valence-corrected chi connectivity index (χ2v) is 16.9. The summed E-state index contributed by atoms with van der Waals surface area (Å²) in [7, 11) is 0. The lowest BCUT2D eigenvalue weighted by atomic mass is 9.88. The monoisotopic (exact) mass is 840 g/mol. The maximum atomic E-state index is 2.43. The molecule has 1 heterocycles. The summed E-state index contributed by atoms with van der Waals surface area (Å²) in [6.45, 7) is 0. The van der Waals surface area contributed by atoms with Crippen LogP contribution in [0, 0.1) is 0 Å². The summed E-state index contributed by atoms with van der Waals surface area (Å²) < 4.78 is 2.39. The fourth-order valence-electron chi connectivity index (χ4n) is 9.98. The molecule has 0 aliphatic heterocycles. The molecule has 12 aromatic rings. The van der Waals surface area contributed by atoms with Crippen LogP contribution in [-0.2, 0) is 0 Å². The predicted octanol–water partition coefficient (Wildman–Crippen LogP) is 17.7. The van der Waals surface area contributed by atoms with E-state index in [4.69, 9.17) is 0 Å². The standard InChI is InChI=1S/C64H44N2/c1-2-19-46(20-3-1)54-28-6-7-29-56(54)57-30-8-9-31-58(57)59-32-10-13-36-62(59)65(51-25-17-24-49(44-51)55-35-18-22-47-21-4-5-27-53(47)55)50-41-39-45(40-42-50)48-23-16-26-52(43-48)66-63-37-14-11-33-60(63)61-34-12-15-38-64(61)66/h1-44H. The highest BCUT2D eigenvalue weighted by Crippen LogP contribution is 2.46. The smallest absolute Gasteiger partial charge is 0.0541 e. The van der Waals surface area contributed by atoms with Gasteiger partial charge in [0.1, 0.15) is 0 Å². The van der Waals surface area contributed by atoms with Crippen molar-refractivity contribution in [2.75, 3.05) is 4.90 Å². The average molecular weight is 841 g/mol. The first kappa shape index (κ1) is 38.9. The molecule has 0 saturated carbocycles. The number of aromatic nitrogens is 1. The number of para-hydroxylation sites is 3. The second-order valence-electron chi connectivity index (χ2n) is 16.9. The molecule has 0 aliphatic carbocycles. The van der Waals surface area contributed by atoms with Crippen molar-refractivity contribution >= 4 is 49.6 Å². The van der Waals surface area contributed by atoms with Crippen LogP contribution in [0.1, 0.15) is 0 Å². The normalized spacial score (nSPS) is 11.3. The van der Waals surface area contributed by atoms with Gasteiger partial charge in [-0.25, -0.2) is 0 Å². The van der Waals surface area contributed by atoms with Gasteiger partial charge in [-0.05, 0) is 115 Å². The minimum Gasteiger partial charge on any atom is -0.310 e. The maximum absolute atomic E-state index is 2.43. The van der Waals surface area contributed by atoms with Crippen LogP contribution in [0.15, 0.2) is 267 Å². The molecule has 0 radical (unpaired) electrons. The van der Waals surface area contributed by atoms with Gasteiger partial charge in [0.2, 0.25) is 0 Å². The van der Waals surface area contributed by atoms with Crippen LogP contribution in [0.2, 0.25) is 0 Å². The van der Waals surface area contributed by atoms with Crippen molar-refractivity contribution in [2.24, 2.45) is 0 Å². The Hall–Kier alpha value is -8.72. The molecule has 0 spiro atoms. The number of hydrogen-bond donors (Lipinski definition) is 0. The molecule has 12 rings (SSSR count). The van der Waals surface area contributed by atoms with Crippen LogP contribution < -0.4 is 4.90 Å². The zero-order valence-corrected chi connectivity index (χ0v) is 36.3. The molecule has 0 fully saturated rings. The largest absolute Gasteiger partial charge is 0.310 e. The van der Waals surface area contributed by atoms with Crippen molar-refractivity contribution in [3.05, 3.63) is 267 Å². The van der Waals surface area contributed by atoms with Gasteiger partial charge in [0, 0.05) is 33.4 Å². The third kappa shape index (κ3) is 6.93. The van der Waals surface area contributed by atoms with E-state index in [1.807, 2.05) is 0 Å². The summed E-state index contributed by atoms with van der Waals surface area (Å²) in [5.41, 5.74) is 18.6. The van der Waals surface area contributed by atoms with E-state index in [1.165, 1.54) is 71.5 Å². The maximum Gasteiger partial charge on any atom is 0.0541 e. The number of benzene rings is 11. The predicted molar refractivity (Wildman–Crippen MR) is 280 cm³/mol. The Balaban J connectivity index is 1.01. The van der Waals surface area contributed by atoms with Crippen molar-refractivity contribution in [1.29, 1.82) is 0 Å². The van der Waals surface area contributed by atoms with Gasteiger partial charge in [0.05, 0.1) is 16.7 Å². The second kappa shape index (κ2) is 16.8. The fraction of sp³-hybridized carbons (Fsp3) is 0. The summed E-state index contributed by atoms with van der Waals surface area (Å²) in [6.07, 6.45) is 0. The van der Waals surface area contributed by atoms with Crippen LogP contribution in [-0.4, -0.2) is 4.57 Å². The fourth-order valence-corrected chi connectivity index (χ4v) is 9.98. The molecule has 66 heavy (non-hydrogen) atoms. The van der Waals surface area contributed by atoms with E-state index in [-0.39, 0.29) is 0 Å². The minimum absolute atomic E-state index is 1.07. The molecule has 0 amide bonds. The Morgan fingerprint density at radius 1 is 0.258 bits per heavy atom. The summed E-state index contributed by atoms with van der Waals surface area (Å²) >= 11 is 0. The molecule has 0 saturated heterocycles. The van der Waals surface area contributed by atoms with Gasteiger partial charge in [-0.3, -0.25) is 0 Å². The zero-order valence-electron chi connectivity index (χ0n) is 36.3. The number of nitrogens with zero attached hydrogens (tertiary/aromatic N) is 2. The molecular formula is C64H44N2. The Labute approximate surface area is 385 Å². The average Bonchev–Trinajstić information content (AvgIpc) is 3.74. The van der Waals surface area contributed by atoms with Crippen molar-refractivity contribution in [3.63, 3.8) is 0 Å². The molecule has 2 nitrogen and oxygen atoms in total. The highest BCUT2D eigenvalue weighted by atomic mass is 15.1. The first-order valence-electron chi connectivity index (χ1n) is 22.7. The van der Waals surface area contributed by atoms with Crippen molar-refractivity contribution in [1.82, 2.24) is 4.57 Å². The van der Waals surface area contributed by atoms with E-state index in [1.54, 1.807) is 0 Å². The molecule has 310 valence electrons. The van der Waals surface area contributed by atoms with Crippen LogP contribution >= 0.6 is 0 Å². The molecule has 11 aromatic carbocycles. The van der Waals surface area contributed by atoms with Crippen LogP contribution in [0.4, 0.5) is 17.1 Å². The van der Waals surface area contributed by atoms with Crippen molar-refractivity contribution in [3.8, 4) is 61.3 Å². The van der Waals surface area contributed by atoms with E-state index >= 15 is 0 Å². The molecule has 2 heteroatoms. The highest BCUT2D eigenvalue weighted by Gasteiger charge is 2.21. The van der Waals surface area contributed by atoms with E-state index in [9.17, 15) is 0 Å². The Kier molecular flexibility index (Phi) is 9.89. The molecule has 0 unspecified atom stereocenters. The third-order valence-corrected chi connectivity index (χ3v) is 13.0. The van der Waals surface area contributed by atoms with Crippen LogP contribution in [0.3, 0.4) is 0 Å². The lowest BCUT2D eigenvalue weighted by Gasteiger charge is -2.29. The van der Waals surface area contributed by atoms with Crippen molar-refractivity contribution in [2.45, 2.75) is 0 Å². The van der Waals surface area contributed by atoms with E-state index < -0.39 is 0 Å². The van der Waals surface area contributed by atoms with Gasteiger partial charge in [-0.2, -0.15) is 0 Å². The number of anilines is 3. The highest BCUT2D eigenvalue weighted by molar-refractivity contribution is 6.09. The first-order valence-corrected chi connectivity index (χ1v) is 22.7. The Bertz CT molecular complexity index is 3650. The number of rotatable bonds is 9. The van der Waals surface area contributed by atoms with Crippen LogP contribution in [0.25, 0.3) is 93.9 Å². The quantitative estimate of drug-likeness (QED) is 0.141. The molecule has 0 bridgehead atoms. The molecule has 1 aromatic heterocycles. The lowest BCUT2D eigenvalue weighted by molar-refractivity contribution is 1.18. The number of fused-ring (bicyclic) bond motifs is 4. The van der Waals surface area contributed by atoms with E-state index in [0.717, 1.165) is 39.4 Å². The summed E-state index contributed by atoms with van der Waals surface area (Å²) in [6, 6.07) is 96.9. The summed E-state index contributed by atoms with van der Waals surface area (Å²) in [5.74, 6) is 0. The first-order chi connectivity index (χ1) is 32.8. The minimum atomic E-state index is 1.07. The number of hydrogen-bond acceptors (Lipinski definition) is 1. The van der Waals surface area contributed by atoms with Crippen molar-refractivity contribution < 1.29 is 0 Å².